The van der Waals surface area contributed by atoms with E-state index in [-0.39, 0.29) is 18.2 Å². The summed E-state index contributed by atoms with van der Waals surface area (Å²) >= 11 is 0. The second-order valence-electron chi connectivity index (χ2n) is 4.55. The van der Waals surface area contributed by atoms with Gasteiger partial charge in [0.15, 0.2) is 6.23 Å². The van der Waals surface area contributed by atoms with Crippen molar-refractivity contribution in [2.45, 2.75) is 39.5 Å². The van der Waals surface area contributed by atoms with E-state index < -0.39 is 5.41 Å². The number of ether oxygens (including phenoxy) is 1. The third-order valence-corrected chi connectivity index (χ3v) is 1.99. The minimum Gasteiger partial charge on any atom is -0.446 e. The molecule has 1 aliphatic heterocycles. The molecule has 76 valence electrons. The molecule has 0 saturated carbocycles. The van der Waals surface area contributed by atoms with E-state index in [2.05, 4.69) is 5.32 Å². The van der Waals surface area contributed by atoms with Gasteiger partial charge in [-0.25, -0.2) is 0 Å². The summed E-state index contributed by atoms with van der Waals surface area (Å²) in [6.45, 7) is 6.24. The Bertz CT molecular complexity index is 198. The molecule has 2 atom stereocenters. The van der Waals surface area contributed by atoms with E-state index in [9.17, 15) is 4.79 Å². The maximum atomic E-state index is 11.4. The van der Waals surface area contributed by atoms with Crippen LogP contribution in [0.1, 0.15) is 27.2 Å². The number of hydrogen-bond donors (Lipinski definition) is 2. The van der Waals surface area contributed by atoms with E-state index in [1.807, 2.05) is 20.8 Å². The molecule has 0 aromatic rings. The highest BCUT2D eigenvalue weighted by Crippen LogP contribution is 2.18. The first-order valence-electron chi connectivity index (χ1n) is 4.59. The van der Waals surface area contributed by atoms with Crippen molar-refractivity contribution in [1.82, 2.24) is 5.32 Å². The monoisotopic (exact) mass is 186 g/mol. The molecule has 0 radical (unpaired) electrons. The van der Waals surface area contributed by atoms with E-state index >= 15 is 0 Å². The Morgan fingerprint density at radius 2 is 2.15 bits per heavy atom. The Kier molecular flexibility index (Phi) is 2.93. The summed E-state index contributed by atoms with van der Waals surface area (Å²) in [6.07, 6.45) is 0.517. The summed E-state index contributed by atoms with van der Waals surface area (Å²) in [4.78, 5) is 11.4. The van der Waals surface area contributed by atoms with Crippen LogP contribution in [0.2, 0.25) is 0 Å². The van der Waals surface area contributed by atoms with E-state index in [0.717, 1.165) is 6.54 Å². The summed E-state index contributed by atoms with van der Waals surface area (Å²) < 4.78 is 5.22. The number of nitrogens with two attached hydrogens (primary N) is 1. The van der Waals surface area contributed by atoms with Gasteiger partial charge in [0, 0.05) is 19.0 Å². The van der Waals surface area contributed by atoms with Gasteiger partial charge < -0.3 is 10.5 Å². The zero-order valence-electron chi connectivity index (χ0n) is 8.46. The normalized spacial score (nSPS) is 28.9. The first-order valence-corrected chi connectivity index (χ1v) is 4.59. The van der Waals surface area contributed by atoms with Gasteiger partial charge in [-0.1, -0.05) is 0 Å². The number of esters is 1. The lowest BCUT2D eigenvalue weighted by molar-refractivity contribution is -0.159. The van der Waals surface area contributed by atoms with E-state index in [4.69, 9.17) is 10.5 Å². The lowest BCUT2D eigenvalue weighted by Gasteiger charge is -2.20. The van der Waals surface area contributed by atoms with Gasteiger partial charge in [0.05, 0.1) is 5.41 Å². The van der Waals surface area contributed by atoms with Crippen molar-refractivity contribution in [3.05, 3.63) is 0 Å². The fraction of sp³-hybridized carbons (Fsp3) is 0.889. The first kappa shape index (κ1) is 10.5. The van der Waals surface area contributed by atoms with Gasteiger partial charge in [-0.15, -0.1) is 0 Å². The minimum absolute atomic E-state index is 0.109. The molecule has 1 aliphatic rings. The fourth-order valence-electron chi connectivity index (χ4n) is 1.12. The zero-order valence-corrected chi connectivity index (χ0v) is 8.46. The highest BCUT2D eigenvalue weighted by molar-refractivity contribution is 5.75. The Morgan fingerprint density at radius 1 is 1.54 bits per heavy atom. The van der Waals surface area contributed by atoms with Gasteiger partial charge in [-0.05, 0) is 20.8 Å². The van der Waals surface area contributed by atoms with Gasteiger partial charge in [-0.3, -0.25) is 10.1 Å². The van der Waals surface area contributed by atoms with E-state index in [0.29, 0.717) is 6.42 Å². The van der Waals surface area contributed by atoms with E-state index in [1.165, 1.54) is 0 Å². The fourth-order valence-corrected chi connectivity index (χ4v) is 1.12. The summed E-state index contributed by atoms with van der Waals surface area (Å²) in [5.74, 6) is -0.181. The van der Waals surface area contributed by atoms with Crippen LogP contribution in [0.25, 0.3) is 0 Å². The van der Waals surface area contributed by atoms with Crippen LogP contribution >= 0.6 is 0 Å². The molecule has 1 rings (SSSR count). The number of hydrogen-bond acceptors (Lipinski definition) is 4. The van der Waals surface area contributed by atoms with Gasteiger partial charge in [0.2, 0.25) is 0 Å². The molecule has 0 amide bonds. The maximum absolute atomic E-state index is 11.4. The van der Waals surface area contributed by atoms with Crippen LogP contribution in [0.4, 0.5) is 0 Å². The Labute approximate surface area is 78.8 Å². The minimum atomic E-state index is -0.436. The number of carbonyl (C=O) groups excluding carboxylic acids is 1. The molecule has 13 heavy (non-hydrogen) atoms. The first-order chi connectivity index (χ1) is 5.89. The number of carbonyl (C=O) groups is 1. The molecule has 1 fully saturated rings. The van der Waals surface area contributed by atoms with Crippen molar-refractivity contribution in [1.29, 1.82) is 0 Å². The molecular formula is C9H18N2O2. The molecule has 0 spiro atoms. The van der Waals surface area contributed by atoms with Gasteiger partial charge in [-0.2, -0.15) is 0 Å². The summed E-state index contributed by atoms with van der Waals surface area (Å²) in [6, 6.07) is 0.109. The zero-order chi connectivity index (χ0) is 10.1. The predicted octanol–water partition coefficient (Wildman–Crippen LogP) is 0.222. The van der Waals surface area contributed by atoms with Crippen molar-refractivity contribution in [3.63, 3.8) is 0 Å². The number of nitrogens with one attached hydrogen (secondary N) is 1. The van der Waals surface area contributed by atoms with Gasteiger partial charge in [0.25, 0.3) is 0 Å². The average molecular weight is 186 g/mol. The van der Waals surface area contributed by atoms with E-state index in [1.54, 1.807) is 0 Å². The molecule has 4 nitrogen and oxygen atoms in total. The lowest BCUT2D eigenvalue weighted by atomic mass is 9.97. The number of rotatable bonds is 1. The molecule has 1 heterocycles. The lowest BCUT2D eigenvalue weighted by Crippen LogP contribution is -2.33. The third kappa shape index (κ3) is 2.97. The second kappa shape index (κ2) is 3.64. The molecule has 0 bridgehead atoms. The largest absolute Gasteiger partial charge is 0.446 e. The molecule has 2 unspecified atom stereocenters. The van der Waals surface area contributed by atoms with Crippen LogP contribution < -0.4 is 11.1 Å². The SMILES string of the molecule is CC(C)(C)C(=O)OC1CC(N)CN1. The van der Waals surface area contributed by atoms with Gasteiger partial charge >= 0.3 is 5.97 Å². The maximum Gasteiger partial charge on any atom is 0.312 e. The second-order valence-corrected chi connectivity index (χ2v) is 4.55. The van der Waals surface area contributed by atoms with Crippen LogP contribution in [-0.4, -0.2) is 24.8 Å². The molecule has 3 N–H and O–H groups in total. The van der Waals surface area contributed by atoms with Crippen molar-refractivity contribution in [2.24, 2.45) is 11.1 Å². The highest BCUT2D eigenvalue weighted by Gasteiger charge is 2.29. The van der Waals surface area contributed by atoms with Crippen molar-refractivity contribution in [2.75, 3.05) is 6.54 Å². The quantitative estimate of drug-likeness (QED) is 0.575. The van der Waals surface area contributed by atoms with Crippen LogP contribution in [0.15, 0.2) is 0 Å². The topological polar surface area (TPSA) is 64.3 Å². The molecule has 0 aromatic carbocycles. The van der Waals surface area contributed by atoms with Crippen LogP contribution in [0, 0.1) is 5.41 Å². The summed E-state index contributed by atoms with van der Waals surface area (Å²) in [7, 11) is 0. The van der Waals surface area contributed by atoms with Crippen LogP contribution in [0.5, 0.6) is 0 Å². The molecule has 0 aliphatic carbocycles. The van der Waals surface area contributed by atoms with Crippen molar-refractivity contribution < 1.29 is 9.53 Å². The van der Waals surface area contributed by atoms with Crippen molar-refractivity contribution in [3.8, 4) is 0 Å². The Morgan fingerprint density at radius 3 is 2.54 bits per heavy atom. The molecule has 0 aromatic heterocycles. The predicted molar refractivity (Wildman–Crippen MR) is 49.9 cm³/mol. The van der Waals surface area contributed by atoms with Crippen LogP contribution in [-0.2, 0) is 9.53 Å². The summed E-state index contributed by atoms with van der Waals surface area (Å²) in [5.41, 5.74) is 5.22. The van der Waals surface area contributed by atoms with Gasteiger partial charge in [0.1, 0.15) is 0 Å². The molecule has 1 saturated heterocycles. The smallest absolute Gasteiger partial charge is 0.312 e. The third-order valence-electron chi connectivity index (χ3n) is 1.99. The average Bonchev–Trinajstić information content (AvgIpc) is 2.33. The highest BCUT2D eigenvalue weighted by atomic mass is 16.6. The molecular weight excluding hydrogens is 168 g/mol. The Hall–Kier alpha value is -0.610. The standard InChI is InChI=1S/C9H18N2O2/c1-9(2,3)8(12)13-7-4-6(10)5-11-7/h6-7,11H,4-5,10H2,1-3H3. The summed E-state index contributed by atoms with van der Waals surface area (Å²) in [5, 5.41) is 3.04. The molecule has 4 heteroatoms. The van der Waals surface area contributed by atoms with Crippen LogP contribution in [0.3, 0.4) is 0 Å². The van der Waals surface area contributed by atoms with Crippen molar-refractivity contribution >= 4 is 5.97 Å². The Balaban J connectivity index is 2.37.